The Bertz CT molecular complexity index is 1130. The van der Waals surface area contributed by atoms with Crippen molar-refractivity contribution in [3.63, 3.8) is 0 Å². The number of hydrogen-bond acceptors (Lipinski definition) is 6. The van der Waals surface area contributed by atoms with Crippen LogP contribution in [0.1, 0.15) is 18.2 Å². The first-order valence-corrected chi connectivity index (χ1v) is 10.3. The van der Waals surface area contributed by atoms with E-state index in [0.29, 0.717) is 11.8 Å². The minimum absolute atomic E-state index is 0.650. The van der Waals surface area contributed by atoms with Crippen LogP contribution in [0.3, 0.4) is 0 Å². The van der Waals surface area contributed by atoms with Gasteiger partial charge in [0.05, 0.1) is 16.7 Å². The zero-order chi connectivity index (χ0) is 19.5. The van der Waals surface area contributed by atoms with Gasteiger partial charge in [0.2, 0.25) is 5.95 Å². The molecule has 0 saturated carbocycles. The van der Waals surface area contributed by atoms with Crippen molar-refractivity contribution in [3.05, 3.63) is 64.8 Å². The van der Waals surface area contributed by atoms with E-state index in [9.17, 15) is 0 Å². The lowest BCUT2D eigenvalue weighted by molar-refractivity contribution is 0.688. The molecule has 2 aromatic heterocycles. The first kappa shape index (κ1) is 18.7. The van der Waals surface area contributed by atoms with E-state index < -0.39 is 0 Å². The topological polar surface area (TPSA) is 68.5 Å². The smallest absolute Gasteiger partial charge is 0.230 e. The summed E-state index contributed by atoms with van der Waals surface area (Å²) in [5, 5.41) is 13.5. The van der Waals surface area contributed by atoms with Gasteiger partial charge in [0.1, 0.15) is 0 Å². The predicted octanol–water partition coefficient (Wildman–Crippen LogP) is 5.24. The summed E-state index contributed by atoms with van der Waals surface area (Å²) in [6, 6.07) is 15.7. The summed E-state index contributed by atoms with van der Waals surface area (Å²) in [6.07, 6.45) is 0. The van der Waals surface area contributed by atoms with Crippen molar-refractivity contribution >= 4 is 46.2 Å². The molecule has 0 fully saturated rings. The molecule has 142 valence electrons. The molecule has 4 rings (SSSR count). The molecule has 0 unspecified atom stereocenters. The Hall–Kier alpha value is -2.64. The highest BCUT2D eigenvalue weighted by molar-refractivity contribution is 7.98. The average Bonchev–Trinajstić information content (AvgIpc) is 3.09. The van der Waals surface area contributed by atoms with Gasteiger partial charge in [-0.3, -0.25) is 4.57 Å². The number of aromatic nitrogens is 5. The van der Waals surface area contributed by atoms with E-state index in [4.69, 9.17) is 11.6 Å². The Kier molecular flexibility index (Phi) is 5.45. The van der Waals surface area contributed by atoms with Gasteiger partial charge >= 0.3 is 0 Å². The number of thioether (sulfide) groups is 1. The molecule has 0 saturated heterocycles. The van der Waals surface area contributed by atoms with E-state index in [1.165, 1.54) is 0 Å². The fourth-order valence-electron chi connectivity index (χ4n) is 2.84. The lowest BCUT2D eigenvalue weighted by Gasteiger charge is -2.11. The summed E-state index contributed by atoms with van der Waals surface area (Å²) in [7, 11) is 0. The maximum absolute atomic E-state index is 6.26. The largest absolute Gasteiger partial charge is 0.307 e. The van der Waals surface area contributed by atoms with Gasteiger partial charge in [-0.2, -0.15) is 0 Å². The summed E-state index contributed by atoms with van der Waals surface area (Å²) >= 11 is 7.86. The quantitative estimate of drug-likeness (QED) is 0.438. The second-order valence-electron chi connectivity index (χ2n) is 6.20. The van der Waals surface area contributed by atoms with Crippen molar-refractivity contribution in [3.8, 4) is 0 Å². The van der Waals surface area contributed by atoms with Crippen LogP contribution in [0.5, 0.6) is 0 Å². The minimum atomic E-state index is 0.650. The van der Waals surface area contributed by atoms with Crippen molar-refractivity contribution < 1.29 is 0 Å². The second-order valence-corrected chi connectivity index (χ2v) is 7.55. The molecule has 0 atom stereocenters. The zero-order valence-corrected chi connectivity index (χ0v) is 17.1. The van der Waals surface area contributed by atoms with E-state index in [1.54, 1.807) is 11.8 Å². The molecule has 2 heterocycles. The first-order valence-electron chi connectivity index (χ1n) is 8.95. The number of para-hydroxylation sites is 2. The molecule has 0 spiro atoms. The fourth-order valence-corrected chi connectivity index (χ4v) is 4.13. The van der Waals surface area contributed by atoms with E-state index in [-0.39, 0.29) is 0 Å². The molecule has 6 nitrogen and oxygen atoms in total. The Morgan fingerprint density at radius 1 is 1.00 bits per heavy atom. The normalized spacial score (nSPS) is 11.1. The van der Waals surface area contributed by atoms with E-state index >= 15 is 0 Å². The third-order valence-electron chi connectivity index (χ3n) is 4.32. The van der Waals surface area contributed by atoms with E-state index in [0.717, 1.165) is 44.8 Å². The van der Waals surface area contributed by atoms with Gasteiger partial charge in [-0.25, -0.2) is 9.97 Å². The van der Waals surface area contributed by atoms with E-state index in [2.05, 4.69) is 32.4 Å². The summed E-state index contributed by atoms with van der Waals surface area (Å²) in [6.45, 7) is 4.73. The second kappa shape index (κ2) is 8.16. The van der Waals surface area contributed by atoms with Crippen LogP contribution in [-0.4, -0.2) is 24.7 Å². The lowest BCUT2D eigenvalue weighted by atomic mass is 10.2. The van der Waals surface area contributed by atoms with Crippen molar-refractivity contribution in [2.75, 3.05) is 5.32 Å². The van der Waals surface area contributed by atoms with Crippen LogP contribution in [-0.2, 0) is 12.3 Å². The molecule has 0 aliphatic rings. The standard InChI is InChI=1S/C20H19ClN6S/c1-3-27-19(24-18-13(2)22-16-10-6-7-11-17(16)23-18)25-26-20(27)28-12-14-8-4-5-9-15(14)21/h4-11H,3,12H2,1-2H3,(H,23,24,25). The average molecular weight is 411 g/mol. The Labute approximate surface area is 172 Å². The SMILES string of the molecule is CCn1c(Nc2nc3ccccc3nc2C)nnc1SCc1ccccc1Cl. The van der Waals surface area contributed by atoms with Crippen LogP contribution in [0, 0.1) is 6.92 Å². The van der Waals surface area contributed by atoms with Crippen molar-refractivity contribution in [2.24, 2.45) is 0 Å². The number of fused-ring (bicyclic) bond motifs is 1. The monoisotopic (exact) mass is 410 g/mol. The van der Waals surface area contributed by atoms with Crippen molar-refractivity contribution in [2.45, 2.75) is 31.3 Å². The molecule has 8 heteroatoms. The van der Waals surface area contributed by atoms with Gasteiger partial charge in [0.15, 0.2) is 11.0 Å². The van der Waals surface area contributed by atoms with Crippen LogP contribution in [0.25, 0.3) is 11.0 Å². The van der Waals surface area contributed by atoms with Gasteiger partial charge in [-0.1, -0.05) is 53.7 Å². The maximum atomic E-state index is 6.26. The number of aryl methyl sites for hydroxylation is 1. The molecule has 2 aromatic carbocycles. The summed E-state index contributed by atoms with van der Waals surface area (Å²) < 4.78 is 2.03. The Morgan fingerprint density at radius 2 is 1.71 bits per heavy atom. The van der Waals surface area contributed by atoms with Crippen LogP contribution in [0.15, 0.2) is 53.7 Å². The molecule has 0 radical (unpaired) electrons. The number of hydrogen-bond donors (Lipinski definition) is 1. The molecule has 4 aromatic rings. The molecule has 0 amide bonds. The summed E-state index contributed by atoms with van der Waals surface area (Å²) in [5.41, 5.74) is 3.60. The van der Waals surface area contributed by atoms with Gasteiger partial charge in [-0.15, -0.1) is 10.2 Å². The number of halogens is 1. The Morgan fingerprint density at radius 3 is 2.46 bits per heavy atom. The molecule has 0 aliphatic carbocycles. The highest BCUT2D eigenvalue weighted by Gasteiger charge is 2.14. The summed E-state index contributed by atoms with van der Waals surface area (Å²) in [4.78, 5) is 9.30. The van der Waals surface area contributed by atoms with E-state index in [1.807, 2.05) is 60.0 Å². The lowest BCUT2D eigenvalue weighted by Crippen LogP contribution is -2.06. The number of rotatable bonds is 6. The molecule has 0 aliphatic heterocycles. The van der Waals surface area contributed by atoms with Crippen molar-refractivity contribution in [1.29, 1.82) is 0 Å². The number of nitrogens with zero attached hydrogens (tertiary/aromatic N) is 5. The zero-order valence-electron chi connectivity index (χ0n) is 15.6. The first-order chi connectivity index (χ1) is 13.7. The molecule has 1 N–H and O–H groups in total. The van der Waals surface area contributed by atoms with Gasteiger partial charge < -0.3 is 5.32 Å². The van der Waals surface area contributed by atoms with Crippen LogP contribution < -0.4 is 5.32 Å². The molecular formula is C20H19ClN6S. The van der Waals surface area contributed by atoms with Crippen LogP contribution >= 0.6 is 23.4 Å². The number of anilines is 2. The van der Waals surface area contributed by atoms with Crippen LogP contribution in [0.2, 0.25) is 5.02 Å². The molecule has 0 bridgehead atoms. The number of nitrogens with one attached hydrogen (secondary N) is 1. The van der Waals surface area contributed by atoms with Crippen molar-refractivity contribution in [1.82, 2.24) is 24.7 Å². The highest BCUT2D eigenvalue weighted by Crippen LogP contribution is 2.28. The predicted molar refractivity (Wildman–Crippen MR) is 114 cm³/mol. The third kappa shape index (κ3) is 3.81. The highest BCUT2D eigenvalue weighted by atomic mass is 35.5. The third-order valence-corrected chi connectivity index (χ3v) is 5.71. The maximum Gasteiger partial charge on any atom is 0.230 e. The fraction of sp³-hybridized carbons (Fsp3) is 0.200. The summed E-state index contributed by atoms with van der Waals surface area (Å²) in [5.74, 6) is 2.06. The van der Waals surface area contributed by atoms with Gasteiger partial charge in [0, 0.05) is 17.3 Å². The van der Waals surface area contributed by atoms with Crippen LogP contribution in [0.4, 0.5) is 11.8 Å². The van der Waals surface area contributed by atoms with Gasteiger partial charge in [0.25, 0.3) is 0 Å². The molecular weight excluding hydrogens is 392 g/mol. The minimum Gasteiger partial charge on any atom is -0.307 e. The number of benzene rings is 2. The molecule has 28 heavy (non-hydrogen) atoms. The Balaban J connectivity index is 1.58. The van der Waals surface area contributed by atoms with Gasteiger partial charge in [-0.05, 0) is 37.6 Å².